The molecule has 0 saturated carbocycles. The first-order chi connectivity index (χ1) is 11.5. The van der Waals surface area contributed by atoms with Crippen molar-refractivity contribution in [1.29, 1.82) is 0 Å². The van der Waals surface area contributed by atoms with Crippen LogP contribution in [0.5, 0.6) is 5.75 Å². The summed E-state index contributed by atoms with van der Waals surface area (Å²) in [4.78, 5) is 12.3. The Morgan fingerprint density at radius 2 is 2.12 bits per heavy atom. The number of nitrogens with zero attached hydrogens (tertiary/aromatic N) is 2. The van der Waals surface area contributed by atoms with E-state index in [-0.39, 0.29) is 12.0 Å². The van der Waals surface area contributed by atoms with E-state index in [1.165, 1.54) is 5.56 Å². The summed E-state index contributed by atoms with van der Waals surface area (Å²) >= 11 is 3.56. The van der Waals surface area contributed by atoms with Crippen LogP contribution in [0.3, 0.4) is 0 Å². The maximum atomic E-state index is 12.3. The molecular weight excluding hydrogens is 372 g/mol. The molecule has 0 atom stereocenters. The third-order valence-electron chi connectivity index (χ3n) is 4.24. The van der Waals surface area contributed by atoms with Gasteiger partial charge in [0, 0.05) is 17.2 Å². The molecule has 0 unspecified atom stereocenters. The number of methoxy groups -OCH3 is 1. The third kappa shape index (κ3) is 2.73. The summed E-state index contributed by atoms with van der Waals surface area (Å²) in [6, 6.07) is 4.26. The summed E-state index contributed by atoms with van der Waals surface area (Å²) in [5.41, 5.74) is 4.74. The second kappa shape index (κ2) is 6.59. The average Bonchev–Trinajstić information content (AvgIpc) is 2.95. The first kappa shape index (κ1) is 17.0. The summed E-state index contributed by atoms with van der Waals surface area (Å²) in [5, 5.41) is 4.58. The van der Waals surface area contributed by atoms with E-state index in [1.807, 2.05) is 11.6 Å². The molecule has 0 saturated heterocycles. The predicted molar refractivity (Wildman–Crippen MR) is 95.7 cm³/mol. The number of fused-ring (bicyclic) bond motifs is 3. The molecule has 0 spiro atoms. The first-order valence-electron chi connectivity index (χ1n) is 8.13. The van der Waals surface area contributed by atoms with Crippen molar-refractivity contribution in [3.63, 3.8) is 0 Å². The minimum Gasteiger partial charge on any atom is -0.496 e. The zero-order chi connectivity index (χ0) is 17.4. The Labute approximate surface area is 150 Å². The molecule has 1 aromatic heterocycles. The van der Waals surface area contributed by atoms with Gasteiger partial charge in [0.15, 0.2) is 5.69 Å². The van der Waals surface area contributed by atoms with Crippen LogP contribution in [-0.2, 0) is 17.6 Å². The van der Waals surface area contributed by atoms with Gasteiger partial charge >= 0.3 is 5.97 Å². The molecule has 128 valence electrons. The predicted octanol–water partition coefficient (Wildman–Crippen LogP) is 4.18. The van der Waals surface area contributed by atoms with Crippen LogP contribution in [0.2, 0.25) is 0 Å². The van der Waals surface area contributed by atoms with E-state index in [4.69, 9.17) is 9.47 Å². The summed E-state index contributed by atoms with van der Waals surface area (Å²) < 4.78 is 13.4. The zero-order valence-electron chi connectivity index (χ0n) is 14.4. The molecule has 0 radical (unpaired) electrons. The third-order valence-corrected chi connectivity index (χ3v) is 4.86. The van der Waals surface area contributed by atoms with Gasteiger partial charge in [0.05, 0.1) is 23.9 Å². The zero-order valence-corrected chi connectivity index (χ0v) is 15.9. The molecule has 3 rings (SSSR count). The number of hydrogen-bond donors (Lipinski definition) is 0. The summed E-state index contributed by atoms with van der Waals surface area (Å²) in [6.07, 6.45) is 1.62. The Kier molecular flexibility index (Phi) is 4.67. The van der Waals surface area contributed by atoms with Gasteiger partial charge in [-0.25, -0.2) is 4.79 Å². The highest BCUT2D eigenvalue weighted by Crippen LogP contribution is 2.41. The second-order valence-electron chi connectivity index (χ2n) is 6.08. The van der Waals surface area contributed by atoms with Crippen molar-refractivity contribution in [3.8, 4) is 17.0 Å². The fraction of sp³-hybridized carbons (Fsp3) is 0.444. The topological polar surface area (TPSA) is 53.3 Å². The van der Waals surface area contributed by atoms with E-state index in [9.17, 15) is 4.79 Å². The molecule has 1 aromatic carbocycles. The number of aromatic nitrogens is 2. The number of esters is 1. The number of ether oxygens (including phenoxy) is 2. The van der Waals surface area contributed by atoms with E-state index >= 15 is 0 Å². The maximum Gasteiger partial charge on any atom is 0.359 e. The minimum absolute atomic E-state index is 0.147. The molecule has 6 heteroatoms. The van der Waals surface area contributed by atoms with Gasteiger partial charge in [-0.05, 0) is 67.2 Å². The Hall–Kier alpha value is -1.82. The molecule has 2 aromatic rings. The van der Waals surface area contributed by atoms with Crippen LogP contribution >= 0.6 is 15.9 Å². The quantitative estimate of drug-likeness (QED) is 0.732. The van der Waals surface area contributed by atoms with Gasteiger partial charge in [-0.2, -0.15) is 5.10 Å². The number of carbonyl (C=O) groups is 1. The van der Waals surface area contributed by atoms with Crippen LogP contribution in [0.25, 0.3) is 11.3 Å². The molecule has 24 heavy (non-hydrogen) atoms. The molecule has 1 aliphatic rings. The lowest BCUT2D eigenvalue weighted by molar-refractivity contribution is 0.0517. The van der Waals surface area contributed by atoms with Crippen LogP contribution in [-0.4, -0.2) is 29.5 Å². The normalized spacial score (nSPS) is 12.8. The molecule has 0 fully saturated rings. The number of hydrogen-bond acceptors (Lipinski definition) is 4. The standard InChI is InChI=1S/C18H21BrN2O3/c1-5-24-18(22)16-12-7-6-11-8-15(23-4)14(19)9-13(11)17(12)21(20-16)10(2)3/h8-10H,5-7H2,1-4H3. The van der Waals surface area contributed by atoms with Gasteiger partial charge in [0.25, 0.3) is 0 Å². The fourth-order valence-corrected chi connectivity index (χ4v) is 3.67. The van der Waals surface area contributed by atoms with Crippen molar-refractivity contribution in [2.75, 3.05) is 13.7 Å². The van der Waals surface area contributed by atoms with Gasteiger partial charge in [-0.15, -0.1) is 0 Å². The summed E-state index contributed by atoms with van der Waals surface area (Å²) in [5.74, 6) is 0.475. The second-order valence-corrected chi connectivity index (χ2v) is 6.93. The van der Waals surface area contributed by atoms with Crippen molar-refractivity contribution >= 4 is 21.9 Å². The van der Waals surface area contributed by atoms with E-state index in [2.05, 4.69) is 47.0 Å². The largest absolute Gasteiger partial charge is 0.496 e. The van der Waals surface area contributed by atoms with Crippen molar-refractivity contribution in [3.05, 3.63) is 33.4 Å². The van der Waals surface area contributed by atoms with E-state index in [0.29, 0.717) is 12.3 Å². The van der Waals surface area contributed by atoms with Crippen molar-refractivity contribution in [2.24, 2.45) is 0 Å². The smallest absolute Gasteiger partial charge is 0.359 e. The van der Waals surface area contributed by atoms with Crippen LogP contribution < -0.4 is 4.74 Å². The van der Waals surface area contributed by atoms with Crippen molar-refractivity contribution in [1.82, 2.24) is 9.78 Å². The van der Waals surface area contributed by atoms with Gasteiger partial charge in [-0.1, -0.05) is 0 Å². The van der Waals surface area contributed by atoms with Gasteiger partial charge in [0.2, 0.25) is 0 Å². The molecule has 0 amide bonds. The highest BCUT2D eigenvalue weighted by Gasteiger charge is 2.30. The molecule has 1 heterocycles. The number of halogens is 1. The monoisotopic (exact) mass is 392 g/mol. The number of aryl methyl sites for hydroxylation is 1. The molecule has 0 aliphatic heterocycles. The van der Waals surface area contributed by atoms with Gasteiger partial charge in [-0.3, -0.25) is 4.68 Å². The number of benzene rings is 1. The Morgan fingerprint density at radius 3 is 2.75 bits per heavy atom. The van der Waals surface area contributed by atoms with Crippen LogP contribution in [0, 0.1) is 0 Å². The molecule has 0 N–H and O–H groups in total. The molecule has 5 nitrogen and oxygen atoms in total. The fourth-order valence-electron chi connectivity index (χ4n) is 3.17. The van der Waals surface area contributed by atoms with E-state index < -0.39 is 0 Å². The SMILES string of the molecule is CCOC(=O)c1nn(C(C)C)c2c1CCc1cc(OC)c(Br)cc1-2. The number of rotatable bonds is 4. The number of carbonyl (C=O) groups excluding carboxylic acids is 1. The van der Waals surface area contributed by atoms with Gasteiger partial charge in [0.1, 0.15) is 5.75 Å². The Bertz CT molecular complexity index is 796. The molecule has 1 aliphatic carbocycles. The van der Waals surface area contributed by atoms with Crippen LogP contribution in [0.15, 0.2) is 16.6 Å². The maximum absolute atomic E-state index is 12.3. The molecular formula is C18H21BrN2O3. The Balaban J connectivity index is 2.22. The van der Waals surface area contributed by atoms with Gasteiger partial charge < -0.3 is 9.47 Å². The average molecular weight is 393 g/mol. The molecule has 0 bridgehead atoms. The van der Waals surface area contributed by atoms with Crippen molar-refractivity contribution < 1.29 is 14.3 Å². The minimum atomic E-state index is -0.343. The van der Waals surface area contributed by atoms with Crippen molar-refractivity contribution in [2.45, 2.75) is 39.7 Å². The first-order valence-corrected chi connectivity index (χ1v) is 8.92. The lowest BCUT2D eigenvalue weighted by Gasteiger charge is -2.21. The lowest BCUT2D eigenvalue weighted by atomic mass is 9.88. The Morgan fingerprint density at radius 1 is 1.38 bits per heavy atom. The van der Waals surface area contributed by atoms with E-state index in [0.717, 1.165) is 39.9 Å². The summed E-state index contributed by atoms with van der Waals surface area (Å²) in [6.45, 7) is 6.29. The van der Waals surface area contributed by atoms with Crippen LogP contribution in [0.4, 0.5) is 0 Å². The van der Waals surface area contributed by atoms with E-state index in [1.54, 1.807) is 7.11 Å². The highest BCUT2D eigenvalue weighted by molar-refractivity contribution is 9.10. The highest BCUT2D eigenvalue weighted by atomic mass is 79.9. The summed E-state index contributed by atoms with van der Waals surface area (Å²) in [7, 11) is 1.66. The lowest BCUT2D eigenvalue weighted by Crippen LogP contribution is -2.11. The van der Waals surface area contributed by atoms with Crippen LogP contribution in [0.1, 0.15) is 48.4 Å².